The predicted octanol–water partition coefficient (Wildman–Crippen LogP) is 1.41. The van der Waals surface area contributed by atoms with Crippen LogP contribution >= 0.6 is 0 Å². The van der Waals surface area contributed by atoms with Crippen molar-refractivity contribution in [3.63, 3.8) is 0 Å². The Morgan fingerprint density at radius 3 is 2.79 bits per heavy atom. The second-order valence-corrected chi connectivity index (χ2v) is 4.58. The number of rotatable bonds is 1. The molecule has 3 nitrogen and oxygen atoms in total. The van der Waals surface area contributed by atoms with Gasteiger partial charge in [0.1, 0.15) is 5.78 Å². The number of amides is 1. The van der Waals surface area contributed by atoms with Gasteiger partial charge < -0.3 is 5.32 Å². The minimum absolute atomic E-state index is 0.119. The first kappa shape index (κ1) is 9.69. The van der Waals surface area contributed by atoms with Crippen LogP contribution in [0.1, 0.15) is 45.4 Å². The fourth-order valence-electron chi connectivity index (χ4n) is 2.84. The molecule has 1 amide bonds. The molecular formula is C11H17NO2. The molecule has 1 saturated carbocycles. The zero-order chi connectivity index (χ0) is 10.2. The molecule has 2 atom stereocenters. The molecule has 0 aromatic rings. The van der Waals surface area contributed by atoms with Gasteiger partial charge in [0.05, 0.1) is 0 Å². The molecule has 2 fully saturated rings. The topological polar surface area (TPSA) is 46.2 Å². The number of hydrogen-bond donors (Lipinski definition) is 1. The first-order valence-electron chi connectivity index (χ1n) is 5.47. The SMILES string of the molecule is CC[C@@]12CCC(=O)C[C@@H]1NC(=O)CC2. The molecule has 2 rings (SSSR count). The van der Waals surface area contributed by atoms with Crippen LogP contribution in [0, 0.1) is 5.41 Å². The van der Waals surface area contributed by atoms with Crippen molar-refractivity contribution in [1.29, 1.82) is 0 Å². The number of ketones is 1. The number of carbonyl (C=O) groups is 2. The van der Waals surface area contributed by atoms with Gasteiger partial charge in [0.25, 0.3) is 0 Å². The van der Waals surface area contributed by atoms with E-state index in [1.165, 1.54) is 0 Å². The lowest BCUT2D eigenvalue weighted by molar-refractivity contribution is -0.132. The zero-order valence-electron chi connectivity index (χ0n) is 8.64. The lowest BCUT2D eigenvalue weighted by Gasteiger charge is -2.46. The average molecular weight is 195 g/mol. The highest BCUT2D eigenvalue weighted by atomic mass is 16.2. The van der Waals surface area contributed by atoms with Crippen molar-refractivity contribution in [3.05, 3.63) is 0 Å². The Balaban J connectivity index is 2.18. The van der Waals surface area contributed by atoms with Crippen LogP contribution in [0.3, 0.4) is 0 Å². The summed E-state index contributed by atoms with van der Waals surface area (Å²) in [6.07, 6.45) is 4.91. The van der Waals surface area contributed by atoms with Gasteiger partial charge in [-0.25, -0.2) is 0 Å². The Bertz CT molecular complexity index is 250. The van der Waals surface area contributed by atoms with Crippen molar-refractivity contribution in [2.45, 2.75) is 51.5 Å². The molecule has 1 saturated heterocycles. The largest absolute Gasteiger partial charge is 0.352 e. The molecule has 14 heavy (non-hydrogen) atoms. The fraction of sp³-hybridized carbons (Fsp3) is 0.818. The number of fused-ring (bicyclic) bond motifs is 1. The molecule has 0 bridgehead atoms. The molecule has 1 N–H and O–H groups in total. The molecule has 0 aromatic heterocycles. The van der Waals surface area contributed by atoms with Crippen molar-refractivity contribution >= 4 is 11.7 Å². The second-order valence-electron chi connectivity index (χ2n) is 4.58. The van der Waals surface area contributed by atoms with Crippen LogP contribution in [0.25, 0.3) is 0 Å². The Kier molecular flexibility index (Phi) is 2.33. The van der Waals surface area contributed by atoms with Crippen molar-refractivity contribution < 1.29 is 9.59 Å². The molecule has 0 unspecified atom stereocenters. The first-order chi connectivity index (χ1) is 6.66. The summed E-state index contributed by atoms with van der Waals surface area (Å²) in [4.78, 5) is 22.6. The molecule has 1 aliphatic heterocycles. The normalized spacial score (nSPS) is 37.6. The third kappa shape index (κ3) is 1.45. The van der Waals surface area contributed by atoms with E-state index in [0.717, 1.165) is 19.3 Å². The summed E-state index contributed by atoms with van der Waals surface area (Å²) in [6, 6.07) is 0.120. The van der Waals surface area contributed by atoms with Crippen LogP contribution in [0.5, 0.6) is 0 Å². The first-order valence-corrected chi connectivity index (χ1v) is 5.47. The highest BCUT2D eigenvalue weighted by Gasteiger charge is 2.45. The van der Waals surface area contributed by atoms with Gasteiger partial charge in [-0.15, -0.1) is 0 Å². The van der Waals surface area contributed by atoms with Crippen LogP contribution in [-0.2, 0) is 9.59 Å². The van der Waals surface area contributed by atoms with E-state index in [4.69, 9.17) is 0 Å². The Hall–Kier alpha value is -0.860. The summed E-state index contributed by atoms with van der Waals surface area (Å²) >= 11 is 0. The summed E-state index contributed by atoms with van der Waals surface area (Å²) in [5.41, 5.74) is 0.224. The fourth-order valence-corrected chi connectivity index (χ4v) is 2.84. The maximum atomic E-state index is 11.3. The van der Waals surface area contributed by atoms with Gasteiger partial charge >= 0.3 is 0 Å². The van der Waals surface area contributed by atoms with Crippen LogP contribution in [0.4, 0.5) is 0 Å². The van der Waals surface area contributed by atoms with Crippen molar-refractivity contribution in [1.82, 2.24) is 5.32 Å². The number of hydrogen-bond acceptors (Lipinski definition) is 2. The van der Waals surface area contributed by atoms with Crippen LogP contribution in [0.15, 0.2) is 0 Å². The third-order valence-corrected chi connectivity index (χ3v) is 3.96. The average Bonchev–Trinajstić information content (AvgIpc) is 2.18. The van der Waals surface area contributed by atoms with E-state index in [1.807, 2.05) is 0 Å². The summed E-state index contributed by atoms with van der Waals surface area (Å²) in [7, 11) is 0. The van der Waals surface area contributed by atoms with E-state index in [2.05, 4.69) is 12.2 Å². The molecule has 0 radical (unpaired) electrons. The van der Waals surface area contributed by atoms with Crippen LogP contribution < -0.4 is 5.32 Å². The highest BCUT2D eigenvalue weighted by molar-refractivity contribution is 5.83. The van der Waals surface area contributed by atoms with E-state index in [1.54, 1.807) is 0 Å². The maximum Gasteiger partial charge on any atom is 0.220 e. The van der Waals surface area contributed by atoms with Gasteiger partial charge in [-0.2, -0.15) is 0 Å². The predicted molar refractivity (Wildman–Crippen MR) is 52.7 cm³/mol. The molecule has 78 valence electrons. The zero-order valence-corrected chi connectivity index (χ0v) is 8.64. The van der Waals surface area contributed by atoms with Crippen LogP contribution in [0.2, 0.25) is 0 Å². The maximum absolute atomic E-state index is 11.3. The van der Waals surface area contributed by atoms with E-state index in [9.17, 15) is 9.59 Å². The smallest absolute Gasteiger partial charge is 0.220 e. The summed E-state index contributed by atoms with van der Waals surface area (Å²) in [5.74, 6) is 0.426. The van der Waals surface area contributed by atoms with E-state index in [-0.39, 0.29) is 17.4 Å². The molecule has 2 aliphatic rings. The number of Topliss-reactive ketones (excluding diaryl/α,β-unsaturated/α-hetero) is 1. The van der Waals surface area contributed by atoms with Gasteiger partial charge in [-0.3, -0.25) is 9.59 Å². The van der Waals surface area contributed by atoms with Gasteiger partial charge in [0, 0.05) is 25.3 Å². The highest BCUT2D eigenvalue weighted by Crippen LogP contribution is 2.44. The summed E-state index contributed by atoms with van der Waals surface area (Å²) in [5, 5.41) is 2.98. The van der Waals surface area contributed by atoms with Gasteiger partial charge in [-0.1, -0.05) is 6.92 Å². The molecule has 1 aliphatic carbocycles. The van der Waals surface area contributed by atoms with Crippen molar-refractivity contribution in [2.24, 2.45) is 5.41 Å². The third-order valence-electron chi connectivity index (χ3n) is 3.96. The van der Waals surface area contributed by atoms with E-state index < -0.39 is 0 Å². The van der Waals surface area contributed by atoms with Gasteiger partial charge in [0.2, 0.25) is 5.91 Å². The molecule has 0 spiro atoms. The van der Waals surface area contributed by atoms with E-state index in [0.29, 0.717) is 25.0 Å². The quantitative estimate of drug-likeness (QED) is 0.687. The lowest BCUT2D eigenvalue weighted by Crippen LogP contribution is -2.55. The number of nitrogens with one attached hydrogen (secondary N) is 1. The minimum atomic E-state index is 0.119. The van der Waals surface area contributed by atoms with Gasteiger partial charge in [0.15, 0.2) is 0 Å². The Morgan fingerprint density at radius 1 is 1.36 bits per heavy atom. The van der Waals surface area contributed by atoms with Gasteiger partial charge in [-0.05, 0) is 24.7 Å². The molecule has 3 heteroatoms. The van der Waals surface area contributed by atoms with E-state index >= 15 is 0 Å². The van der Waals surface area contributed by atoms with Crippen molar-refractivity contribution in [2.75, 3.05) is 0 Å². The number of piperidine rings is 1. The Morgan fingerprint density at radius 2 is 2.07 bits per heavy atom. The van der Waals surface area contributed by atoms with Crippen LogP contribution in [-0.4, -0.2) is 17.7 Å². The Labute approximate surface area is 84.2 Å². The monoisotopic (exact) mass is 195 g/mol. The molecule has 0 aromatic carbocycles. The van der Waals surface area contributed by atoms with Crippen molar-refractivity contribution in [3.8, 4) is 0 Å². The molecule has 1 heterocycles. The molecular weight excluding hydrogens is 178 g/mol. The minimum Gasteiger partial charge on any atom is -0.352 e. The summed E-state index contributed by atoms with van der Waals surface area (Å²) in [6.45, 7) is 2.17. The standard InChI is InChI=1S/C11H17NO2/c1-2-11-5-3-8(13)7-9(11)12-10(14)4-6-11/h9H,2-7H2,1H3,(H,12,14)/t9-,11-/m0/s1. The lowest BCUT2D eigenvalue weighted by atomic mass is 9.64. The summed E-state index contributed by atoms with van der Waals surface area (Å²) < 4.78 is 0. The second kappa shape index (κ2) is 3.37. The number of carbonyl (C=O) groups excluding carboxylic acids is 2.